The lowest BCUT2D eigenvalue weighted by atomic mass is 9.86. The Bertz CT molecular complexity index is 1310. The van der Waals surface area contributed by atoms with Gasteiger partial charge in [0.2, 0.25) is 0 Å². The van der Waals surface area contributed by atoms with E-state index in [-0.39, 0.29) is 22.3 Å². The van der Waals surface area contributed by atoms with E-state index >= 15 is 0 Å². The Labute approximate surface area is 200 Å². The first-order chi connectivity index (χ1) is 15.8. The number of hydrogen-bond donors (Lipinski definition) is 3. The van der Waals surface area contributed by atoms with Crippen molar-refractivity contribution in [2.75, 3.05) is 5.32 Å². The van der Waals surface area contributed by atoms with Crippen molar-refractivity contribution in [2.45, 2.75) is 77.1 Å². The Hall–Kier alpha value is -2.75. The Kier molecular flexibility index (Phi) is 6.08. The standard InChI is InChI=1S/C25H31N3O5S/c1-13(2)18-9-15-11-33-12-19(15)21(14(3)4)22(18)26-24(30)28-34(32)20-10-16(25(5,6)31)7-8-17(20)23(29)27-34/h7-10,13-14,31H,11-12H2,1-6H3,(H2,26,27,28,29,30,32). The molecule has 182 valence electrons. The fourth-order valence-electron chi connectivity index (χ4n) is 4.49. The molecule has 34 heavy (non-hydrogen) atoms. The molecule has 0 aromatic heterocycles. The van der Waals surface area contributed by atoms with Gasteiger partial charge < -0.3 is 15.2 Å². The average Bonchev–Trinajstić information content (AvgIpc) is 3.28. The van der Waals surface area contributed by atoms with Gasteiger partial charge in [-0.2, -0.15) is 0 Å². The Morgan fingerprint density at radius 1 is 1.18 bits per heavy atom. The molecule has 9 heteroatoms. The molecule has 2 aliphatic rings. The number of carbonyl (C=O) groups excluding carboxylic acids is 2. The molecule has 0 aliphatic carbocycles. The number of aliphatic hydroxyl groups is 1. The summed E-state index contributed by atoms with van der Waals surface area (Å²) in [7, 11) is -3.56. The zero-order valence-electron chi connectivity index (χ0n) is 20.3. The summed E-state index contributed by atoms with van der Waals surface area (Å²) >= 11 is 0. The number of amides is 3. The van der Waals surface area contributed by atoms with Crippen LogP contribution in [0.3, 0.4) is 0 Å². The van der Waals surface area contributed by atoms with Gasteiger partial charge in [-0.3, -0.25) is 9.52 Å². The minimum atomic E-state index is -3.56. The topological polar surface area (TPSA) is 117 Å². The second kappa shape index (κ2) is 8.48. The summed E-state index contributed by atoms with van der Waals surface area (Å²) < 4.78 is 25.6. The van der Waals surface area contributed by atoms with Crippen molar-refractivity contribution in [3.8, 4) is 0 Å². The van der Waals surface area contributed by atoms with Gasteiger partial charge in [0.05, 0.1) is 29.3 Å². The van der Waals surface area contributed by atoms with E-state index in [9.17, 15) is 18.9 Å². The maximum atomic E-state index is 13.7. The molecule has 3 N–H and O–H groups in total. The number of urea groups is 1. The molecule has 0 bridgehead atoms. The summed E-state index contributed by atoms with van der Waals surface area (Å²) in [6.07, 6.45) is 0. The van der Waals surface area contributed by atoms with E-state index in [0.29, 0.717) is 24.5 Å². The van der Waals surface area contributed by atoms with E-state index in [0.717, 1.165) is 22.3 Å². The number of nitrogens with zero attached hydrogens (tertiary/aromatic N) is 1. The molecule has 3 amide bonds. The molecule has 2 aliphatic heterocycles. The van der Waals surface area contributed by atoms with Gasteiger partial charge in [0.1, 0.15) is 0 Å². The van der Waals surface area contributed by atoms with E-state index in [4.69, 9.17) is 4.74 Å². The molecular formula is C25H31N3O5S. The van der Waals surface area contributed by atoms with Crippen LogP contribution < -0.4 is 10.0 Å². The summed E-state index contributed by atoms with van der Waals surface area (Å²) in [6, 6.07) is 5.80. The molecule has 0 saturated heterocycles. The van der Waals surface area contributed by atoms with Crippen molar-refractivity contribution in [1.82, 2.24) is 4.72 Å². The molecule has 1 atom stereocenters. The van der Waals surface area contributed by atoms with E-state index < -0.39 is 27.5 Å². The fraction of sp³-hybridized carbons (Fsp3) is 0.440. The van der Waals surface area contributed by atoms with Crippen molar-refractivity contribution < 1.29 is 23.6 Å². The van der Waals surface area contributed by atoms with Crippen molar-refractivity contribution in [2.24, 2.45) is 4.36 Å². The van der Waals surface area contributed by atoms with E-state index in [1.165, 1.54) is 12.1 Å². The third-order valence-corrected chi connectivity index (χ3v) is 8.03. The van der Waals surface area contributed by atoms with Gasteiger partial charge in [-0.15, -0.1) is 4.36 Å². The molecule has 0 radical (unpaired) electrons. The summed E-state index contributed by atoms with van der Waals surface area (Å²) in [5.74, 6) is -0.341. The largest absolute Gasteiger partial charge is 0.386 e. The van der Waals surface area contributed by atoms with Crippen LogP contribution in [0, 0.1) is 0 Å². The summed E-state index contributed by atoms with van der Waals surface area (Å²) in [6.45, 7) is 12.4. The lowest BCUT2D eigenvalue weighted by Gasteiger charge is -2.23. The number of carbonyl (C=O) groups is 2. The molecule has 1 unspecified atom stereocenters. The lowest BCUT2D eigenvalue weighted by molar-refractivity contribution is 0.0782. The third-order valence-electron chi connectivity index (χ3n) is 6.21. The SMILES string of the molecule is CC(C)c1cc2c(c(C(C)C)c1NC(=O)N=S1(=O)NC(=O)c3ccc(C(C)(C)O)cc31)COC2. The van der Waals surface area contributed by atoms with Gasteiger partial charge in [-0.25, -0.2) is 9.00 Å². The monoisotopic (exact) mass is 485 g/mol. The number of ether oxygens (including phenoxy) is 1. The van der Waals surface area contributed by atoms with Crippen molar-refractivity contribution >= 4 is 27.5 Å². The van der Waals surface area contributed by atoms with Crippen molar-refractivity contribution in [1.29, 1.82) is 0 Å². The van der Waals surface area contributed by atoms with Gasteiger partial charge in [0.25, 0.3) is 5.91 Å². The highest BCUT2D eigenvalue weighted by atomic mass is 32.2. The van der Waals surface area contributed by atoms with Crippen molar-refractivity contribution in [3.63, 3.8) is 0 Å². The molecule has 0 saturated carbocycles. The maximum absolute atomic E-state index is 13.7. The molecule has 2 heterocycles. The van der Waals surface area contributed by atoms with Crippen LogP contribution in [0.5, 0.6) is 0 Å². The van der Waals surface area contributed by atoms with Gasteiger partial charge in [-0.1, -0.05) is 39.8 Å². The molecule has 4 rings (SSSR count). The zero-order chi connectivity index (χ0) is 25.0. The summed E-state index contributed by atoms with van der Waals surface area (Å²) in [4.78, 5) is 25.7. The number of nitrogens with one attached hydrogen (secondary N) is 2. The normalized spacial score (nSPS) is 19.3. The second-order valence-corrected chi connectivity index (χ2v) is 11.8. The van der Waals surface area contributed by atoms with E-state index in [1.807, 2.05) is 13.8 Å². The van der Waals surface area contributed by atoms with Crippen LogP contribution in [-0.2, 0) is 33.5 Å². The quantitative estimate of drug-likeness (QED) is 0.569. The number of fused-ring (bicyclic) bond motifs is 2. The van der Waals surface area contributed by atoms with Crippen LogP contribution in [-0.4, -0.2) is 21.3 Å². The first-order valence-corrected chi connectivity index (χ1v) is 12.9. The lowest BCUT2D eigenvalue weighted by Crippen LogP contribution is -2.24. The second-order valence-electron chi connectivity index (χ2n) is 9.94. The third kappa shape index (κ3) is 4.23. The maximum Gasteiger partial charge on any atom is 0.355 e. The fourth-order valence-corrected chi connectivity index (χ4v) is 6.13. The summed E-state index contributed by atoms with van der Waals surface area (Å²) in [5.41, 5.74) is 4.19. The number of rotatable bonds is 4. The van der Waals surface area contributed by atoms with E-state index in [1.54, 1.807) is 19.9 Å². The van der Waals surface area contributed by atoms with Crippen molar-refractivity contribution in [3.05, 3.63) is 57.6 Å². The van der Waals surface area contributed by atoms with Crippen LogP contribution >= 0.6 is 0 Å². The zero-order valence-corrected chi connectivity index (χ0v) is 21.1. The highest BCUT2D eigenvalue weighted by Crippen LogP contribution is 2.40. The predicted molar refractivity (Wildman–Crippen MR) is 130 cm³/mol. The van der Waals surface area contributed by atoms with Gasteiger partial charge in [-0.05, 0) is 65.6 Å². The van der Waals surface area contributed by atoms with Crippen LogP contribution in [0.15, 0.2) is 33.5 Å². The molecule has 8 nitrogen and oxygen atoms in total. The average molecular weight is 486 g/mol. The Morgan fingerprint density at radius 2 is 1.88 bits per heavy atom. The predicted octanol–water partition coefficient (Wildman–Crippen LogP) is 4.91. The smallest absolute Gasteiger partial charge is 0.355 e. The first kappa shape index (κ1) is 24.4. The Morgan fingerprint density at radius 3 is 2.50 bits per heavy atom. The number of benzene rings is 2. The van der Waals surface area contributed by atoms with Crippen LogP contribution in [0.4, 0.5) is 10.5 Å². The highest BCUT2D eigenvalue weighted by molar-refractivity contribution is 7.93. The van der Waals surface area contributed by atoms with Crippen LogP contribution in [0.1, 0.15) is 91.6 Å². The van der Waals surface area contributed by atoms with Crippen LogP contribution in [0.2, 0.25) is 0 Å². The molecule has 0 fully saturated rings. The number of hydrogen-bond acceptors (Lipinski definition) is 5. The summed E-state index contributed by atoms with van der Waals surface area (Å²) in [5, 5.41) is 13.2. The van der Waals surface area contributed by atoms with Gasteiger partial charge in [0, 0.05) is 5.69 Å². The molecule has 2 aromatic rings. The van der Waals surface area contributed by atoms with Crippen LogP contribution in [0.25, 0.3) is 0 Å². The molecular weight excluding hydrogens is 454 g/mol. The first-order valence-electron chi connectivity index (χ1n) is 11.3. The van der Waals surface area contributed by atoms with Gasteiger partial charge >= 0.3 is 6.03 Å². The molecule has 0 spiro atoms. The van der Waals surface area contributed by atoms with Gasteiger partial charge in [0.15, 0.2) is 9.92 Å². The minimum absolute atomic E-state index is 0.0998. The molecule has 2 aromatic carbocycles. The Balaban J connectivity index is 1.80. The van der Waals surface area contributed by atoms with E-state index in [2.05, 4.69) is 34.3 Å². The number of anilines is 1. The highest BCUT2D eigenvalue weighted by Gasteiger charge is 2.34. The minimum Gasteiger partial charge on any atom is -0.386 e.